The van der Waals surface area contributed by atoms with Gasteiger partial charge in [0, 0.05) is 0 Å². The molecule has 1 aliphatic carbocycles. The van der Waals surface area contributed by atoms with E-state index in [1.165, 1.54) is 5.56 Å². The van der Waals surface area contributed by atoms with E-state index in [2.05, 4.69) is 17.0 Å². The molecule has 2 rings (SSSR count). The number of nitrogens with zero attached hydrogens (tertiary/aromatic N) is 1. The third-order valence-electron chi connectivity index (χ3n) is 2.92. The van der Waals surface area contributed by atoms with Crippen LogP contribution in [-0.2, 0) is 5.41 Å². The maximum Gasteiger partial charge on any atom is 0.224 e. The number of ether oxygens (including phenoxy) is 1. The number of hydrogen-bond donors (Lipinski definition) is 0. The van der Waals surface area contributed by atoms with Crippen molar-refractivity contribution < 1.29 is 4.74 Å². The lowest BCUT2D eigenvalue weighted by Gasteiger charge is -2.09. The molecular formula is C12H13NO. The first-order chi connectivity index (χ1) is 6.80. The van der Waals surface area contributed by atoms with Gasteiger partial charge in [-0.3, -0.25) is 0 Å². The summed E-state index contributed by atoms with van der Waals surface area (Å²) in [6.45, 7) is 7.55. The van der Waals surface area contributed by atoms with E-state index in [0.717, 1.165) is 18.6 Å². The Kier molecular flexibility index (Phi) is 2.17. The zero-order chi connectivity index (χ0) is 10.0. The molecule has 0 aromatic heterocycles. The number of benzene rings is 1. The van der Waals surface area contributed by atoms with Gasteiger partial charge in [-0.05, 0) is 30.5 Å². The summed E-state index contributed by atoms with van der Waals surface area (Å²) < 4.78 is 5.18. The second-order valence-corrected chi connectivity index (χ2v) is 3.83. The van der Waals surface area contributed by atoms with Crippen molar-refractivity contribution in [1.29, 1.82) is 0 Å². The monoisotopic (exact) mass is 187 g/mol. The Bertz CT molecular complexity index is 374. The number of hydrogen-bond acceptors (Lipinski definition) is 1. The van der Waals surface area contributed by atoms with E-state index in [4.69, 9.17) is 11.3 Å². The molecule has 0 spiro atoms. The summed E-state index contributed by atoms with van der Waals surface area (Å²) in [5, 5.41) is 0. The highest BCUT2D eigenvalue weighted by Gasteiger charge is 2.47. The highest BCUT2D eigenvalue weighted by molar-refractivity contribution is 5.38. The lowest BCUT2D eigenvalue weighted by Crippen LogP contribution is -2.09. The summed E-state index contributed by atoms with van der Waals surface area (Å²) in [7, 11) is 1.67. The average molecular weight is 187 g/mol. The van der Waals surface area contributed by atoms with Crippen LogP contribution in [0.3, 0.4) is 0 Å². The molecule has 0 N–H and O–H groups in total. The molecular weight excluding hydrogens is 174 g/mol. The molecule has 1 aromatic rings. The van der Waals surface area contributed by atoms with Gasteiger partial charge in [0.1, 0.15) is 5.75 Å². The zero-order valence-electron chi connectivity index (χ0n) is 8.29. The van der Waals surface area contributed by atoms with Gasteiger partial charge < -0.3 is 9.58 Å². The van der Waals surface area contributed by atoms with Crippen LogP contribution >= 0.6 is 0 Å². The Hall–Kier alpha value is -1.49. The predicted molar refractivity (Wildman–Crippen MR) is 55.4 cm³/mol. The Labute approximate surface area is 84.3 Å². The van der Waals surface area contributed by atoms with E-state index in [1.807, 2.05) is 12.1 Å². The summed E-state index contributed by atoms with van der Waals surface area (Å²) >= 11 is 0. The summed E-state index contributed by atoms with van der Waals surface area (Å²) in [5.41, 5.74) is 1.41. The lowest BCUT2D eigenvalue weighted by molar-refractivity contribution is 0.413. The minimum Gasteiger partial charge on any atom is -0.497 e. The predicted octanol–water partition coefficient (Wildman–Crippen LogP) is 2.65. The van der Waals surface area contributed by atoms with Crippen LogP contribution in [0, 0.1) is 6.57 Å². The summed E-state index contributed by atoms with van der Waals surface area (Å²) in [5.74, 6) is 0.888. The molecule has 1 aliphatic rings. The first-order valence-corrected chi connectivity index (χ1v) is 4.78. The minimum atomic E-state index is 0.149. The van der Waals surface area contributed by atoms with Crippen LogP contribution in [0.4, 0.5) is 0 Å². The van der Waals surface area contributed by atoms with Crippen LogP contribution in [0.25, 0.3) is 4.85 Å². The molecule has 0 unspecified atom stereocenters. The van der Waals surface area contributed by atoms with Crippen molar-refractivity contribution in [2.45, 2.75) is 18.3 Å². The van der Waals surface area contributed by atoms with Gasteiger partial charge in [-0.1, -0.05) is 12.1 Å². The summed E-state index contributed by atoms with van der Waals surface area (Å²) in [6, 6.07) is 8.09. The fourth-order valence-corrected chi connectivity index (χ4v) is 1.79. The highest BCUT2D eigenvalue weighted by atomic mass is 16.5. The van der Waals surface area contributed by atoms with Gasteiger partial charge in [-0.15, -0.1) is 0 Å². The molecule has 1 aromatic carbocycles. The third kappa shape index (κ3) is 1.46. The maximum atomic E-state index is 6.94. The van der Waals surface area contributed by atoms with Gasteiger partial charge in [-0.2, -0.15) is 0 Å². The fourth-order valence-electron chi connectivity index (χ4n) is 1.79. The standard InChI is InChI=1S/C12H13NO/c1-13-9-12(6-7-12)10-4-3-5-11(8-10)14-2/h3-5,8H,6-7,9H2,2H3. The van der Waals surface area contributed by atoms with Crippen LogP contribution < -0.4 is 4.74 Å². The van der Waals surface area contributed by atoms with Crippen molar-refractivity contribution in [3.8, 4) is 5.75 Å². The zero-order valence-corrected chi connectivity index (χ0v) is 8.29. The molecule has 0 bridgehead atoms. The maximum absolute atomic E-state index is 6.94. The van der Waals surface area contributed by atoms with E-state index >= 15 is 0 Å². The van der Waals surface area contributed by atoms with Gasteiger partial charge in [0.05, 0.1) is 12.5 Å². The van der Waals surface area contributed by atoms with Gasteiger partial charge in [0.15, 0.2) is 0 Å². The SMILES string of the molecule is [C-]#[N+]CC1(c2cccc(OC)c2)CC1. The van der Waals surface area contributed by atoms with Crippen LogP contribution in [0.1, 0.15) is 18.4 Å². The third-order valence-corrected chi connectivity index (χ3v) is 2.92. The van der Waals surface area contributed by atoms with Crippen molar-refractivity contribution in [2.24, 2.45) is 0 Å². The topological polar surface area (TPSA) is 13.6 Å². The number of methoxy groups -OCH3 is 1. The highest BCUT2D eigenvalue weighted by Crippen LogP contribution is 2.49. The molecule has 0 radical (unpaired) electrons. The van der Waals surface area contributed by atoms with Gasteiger partial charge in [0.25, 0.3) is 0 Å². The van der Waals surface area contributed by atoms with Gasteiger partial charge in [-0.25, -0.2) is 6.57 Å². The van der Waals surface area contributed by atoms with Crippen molar-refractivity contribution in [1.82, 2.24) is 0 Å². The smallest absolute Gasteiger partial charge is 0.224 e. The molecule has 2 nitrogen and oxygen atoms in total. The van der Waals surface area contributed by atoms with Crippen LogP contribution in [-0.4, -0.2) is 13.7 Å². The molecule has 14 heavy (non-hydrogen) atoms. The van der Waals surface area contributed by atoms with Gasteiger partial charge in [0.2, 0.25) is 6.54 Å². The first kappa shape index (κ1) is 9.08. The quantitative estimate of drug-likeness (QED) is 0.663. The van der Waals surface area contributed by atoms with Gasteiger partial charge >= 0.3 is 0 Å². The molecule has 2 heteroatoms. The molecule has 0 saturated heterocycles. The van der Waals surface area contributed by atoms with E-state index in [-0.39, 0.29) is 5.41 Å². The van der Waals surface area contributed by atoms with Crippen LogP contribution in [0.2, 0.25) is 0 Å². The molecule has 0 aliphatic heterocycles. The Balaban J connectivity index is 2.28. The van der Waals surface area contributed by atoms with E-state index in [1.54, 1.807) is 7.11 Å². The Morgan fingerprint density at radius 1 is 1.50 bits per heavy atom. The number of rotatable bonds is 3. The lowest BCUT2D eigenvalue weighted by atomic mass is 9.96. The molecule has 0 amide bonds. The Morgan fingerprint density at radius 2 is 2.29 bits per heavy atom. The molecule has 1 saturated carbocycles. The van der Waals surface area contributed by atoms with E-state index < -0.39 is 0 Å². The summed E-state index contributed by atoms with van der Waals surface area (Å²) in [6.07, 6.45) is 2.28. The fraction of sp³-hybridized carbons (Fsp3) is 0.417. The Morgan fingerprint density at radius 3 is 2.86 bits per heavy atom. The molecule has 0 heterocycles. The first-order valence-electron chi connectivity index (χ1n) is 4.78. The van der Waals surface area contributed by atoms with Crippen molar-refractivity contribution >= 4 is 0 Å². The normalized spacial score (nSPS) is 17.1. The molecule has 0 atom stereocenters. The van der Waals surface area contributed by atoms with E-state index in [0.29, 0.717) is 6.54 Å². The molecule has 1 fully saturated rings. The van der Waals surface area contributed by atoms with E-state index in [9.17, 15) is 0 Å². The van der Waals surface area contributed by atoms with Crippen molar-refractivity contribution in [2.75, 3.05) is 13.7 Å². The second-order valence-electron chi connectivity index (χ2n) is 3.83. The largest absolute Gasteiger partial charge is 0.497 e. The molecule has 72 valence electrons. The second kappa shape index (κ2) is 3.34. The van der Waals surface area contributed by atoms with Crippen LogP contribution in [0.5, 0.6) is 5.75 Å². The van der Waals surface area contributed by atoms with Crippen molar-refractivity contribution in [3.63, 3.8) is 0 Å². The summed E-state index contributed by atoms with van der Waals surface area (Å²) in [4.78, 5) is 3.51. The van der Waals surface area contributed by atoms with Crippen LogP contribution in [0.15, 0.2) is 24.3 Å². The minimum absolute atomic E-state index is 0.149. The van der Waals surface area contributed by atoms with Crippen molar-refractivity contribution in [3.05, 3.63) is 41.2 Å². The average Bonchev–Trinajstić information content (AvgIpc) is 3.00.